The fraction of sp³-hybridized carbons (Fsp3) is 0.769. The number of nitrogens with zero attached hydrogens (tertiary/aromatic N) is 2. The van der Waals surface area contributed by atoms with Crippen molar-refractivity contribution in [3.05, 3.63) is 15.9 Å². The van der Waals surface area contributed by atoms with Crippen LogP contribution in [0.15, 0.2) is 4.47 Å². The number of nitrogens with one attached hydrogen (secondary N) is 1. The van der Waals surface area contributed by atoms with E-state index in [1.54, 1.807) is 0 Å². The highest BCUT2D eigenvalue weighted by Gasteiger charge is 2.13. The maximum atomic E-state index is 4.50. The summed E-state index contributed by atoms with van der Waals surface area (Å²) in [6, 6.07) is 0.544. The zero-order valence-electron chi connectivity index (χ0n) is 11.5. The van der Waals surface area contributed by atoms with Crippen LogP contribution < -0.4 is 5.32 Å². The second-order valence-electron chi connectivity index (χ2n) is 5.07. The molecular weight excluding hydrogens is 278 g/mol. The van der Waals surface area contributed by atoms with Crippen LogP contribution in [0.1, 0.15) is 45.5 Å². The monoisotopic (exact) mass is 301 g/mol. The Morgan fingerprint density at radius 3 is 2.53 bits per heavy atom. The summed E-state index contributed by atoms with van der Waals surface area (Å²) in [5.74, 6) is 0.735. The fourth-order valence-corrected chi connectivity index (χ4v) is 2.52. The zero-order chi connectivity index (χ0) is 13.0. The van der Waals surface area contributed by atoms with Gasteiger partial charge in [0.15, 0.2) is 0 Å². The number of halogens is 1. The van der Waals surface area contributed by atoms with Crippen molar-refractivity contribution in [1.82, 2.24) is 15.1 Å². The van der Waals surface area contributed by atoms with Crippen LogP contribution in [0.25, 0.3) is 0 Å². The van der Waals surface area contributed by atoms with Gasteiger partial charge in [0.25, 0.3) is 0 Å². The van der Waals surface area contributed by atoms with Crippen molar-refractivity contribution in [3.63, 3.8) is 0 Å². The molecule has 1 unspecified atom stereocenters. The third kappa shape index (κ3) is 4.11. The Kier molecular flexibility index (Phi) is 5.67. The van der Waals surface area contributed by atoms with Gasteiger partial charge in [-0.2, -0.15) is 5.10 Å². The van der Waals surface area contributed by atoms with Gasteiger partial charge in [-0.1, -0.05) is 13.8 Å². The fourth-order valence-electron chi connectivity index (χ4n) is 2.10. The summed E-state index contributed by atoms with van der Waals surface area (Å²) >= 11 is 3.62. The van der Waals surface area contributed by atoms with E-state index in [1.807, 2.05) is 6.92 Å². The van der Waals surface area contributed by atoms with E-state index in [0.717, 1.165) is 29.2 Å². The first-order valence-corrected chi connectivity index (χ1v) is 7.20. The molecule has 0 aliphatic heterocycles. The standard InChI is InChI=1S/C13H24BrN3/c1-6-17-12(13(14)11(5)16-17)8-15-10(4)7-9(2)3/h9-10,15H,6-8H2,1-5H3. The third-order valence-electron chi connectivity index (χ3n) is 2.90. The third-order valence-corrected chi connectivity index (χ3v) is 3.93. The van der Waals surface area contributed by atoms with Crippen molar-refractivity contribution < 1.29 is 0 Å². The zero-order valence-corrected chi connectivity index (χ0v) is 13.1. The van der Waals surface area contributed by atoms with Crippen LogP contribution in [0.2, 0.25) is 0 Å². The van der Waals surface area contributed by atoms with Gasteiger partial charge in [-0.05, 0) is 49.0 Å². The van der Waals surface area contributed by atoms with Crippen LogP contribution in [-0.2, 0) is 13.1 Å². The molecule has 1 heterocycles. The molecular formula is C13H24BrN3. The lowest BCUT2D eigenvalue weighted by Crippen LogP contribution is -2.28. The molecule has 3 nitrogen and oxygen atoms in total. The number of rotatable bonds is 6. The summed E-state index contributed by atoms with van der Waals surface area (Å²) < 4.78 is 3.21. The molecule has 0 aliphatic rings. The molecule has 0 fully saturated rings. The Bertz CT molecular complexity index is 358. The van der Waals surface area contributed by atoms with Crippen molar-refractivity contribution in [1.29, 1.82) is 0 Å². The minimum Gasteiger partial charge on any atom is -0.309 e. The van der Waals surface area contributed by atoms with Gasteiger partial charge in [0.1, 0.15) is 0 Å². The second-order valence-corrected chi connectivity index (χ2v) is 5.87. The normalized spacial score (nSPS) is 13.4. The van der Waals surface area contributed by atoms with Crippen LogP contribution in [-0.4, -0.2) is 15.8 Å². The van der Waals surface area contributed by atoms with E-state index in [0.29, 0.717) is 6.04 Å². The van der Waals surface area contributed by atoms with Crippen LogP contribution in [0.3, 0.4) is 0 Å². The van der Waals surface area contributed by atoms with E-state index in [1.165, 1.54) is 12.1 Å². The lowest BCUT2D eigenvalue weighted by atomic mass is 10.1. The molecule has 0 saturated heterocycles. The van der Waals surface area contributed by atoms with Gasteiger partial charge in [-0.25, -0.2) is 0 Å². The molecule has 98 valence electrons. The lowest BCUT2D eigenvalue weighted by molar-refractivity contribution is 0.432. The Hall–Kier alpha value is -0.350. The Morgan fingerprint density at radius 1 is 1.35 bits per heavy atom. The van der Waals surface area contributed by atoms with Crippen molar-refractivity contribution in [2.45, 2.75) is 60.2 Å². The molecule has 0 aliphatic carbocycles. The van der Waals surface area contributed by atoms with Crippen molar-refractivity contribution in [3.8, 4) is 0 Å². The summed E-state index contributed by atoms with van der Waals surface area (Å²) in [5, 5.41) is 8.07. The average Bonchev–Trinajstić information content (AvgIpc) is 2.51. The highest BCUT2D eigenvalue weighted by Crippen LogP contribution is 2.21. The van der Waals surface area contributed by atoms with Crippen molar-refractivity contribution in [2.24, 2.45) is 5.92 Å². The van der Waals surface area contributed by atoms with Crippen LogP contribution >= 0.6 is 15.9 Å². The van der Waals surface area contributed by atoms with Crippen LogP contribution in [0.5, 0.6) is 0 Å². The van der Waals surface area contributed by atoms with E-state index >= 15 is 0 Å². The van der Waals surface area contributed by atoms with Gasteiger partial charge in [0, 0.05) is 19.1 Å². The van der Waals surface area contributed by atoms with E-state index < -0.39 is 0 Å². The summed E-state index contributed by atoms with van der Waals surface area (Å²) in [5.41, 5.74) is 2.32. The molecule has 1 atom stereocenters. The summed E-state index contributed by atoms with van der Waals surface area (Å²) in [4.78, 5) is 0. The van der Waals surface area contributed by atoms with E-state index in [-0.39, 0.29) is 0 Å². The van der Waals surface area contributed by atoms with Crippen molar-refractivity contribution >= 4 is 15.9 Å². The highest BCUT2D eigenvalue weighted by atomic mass is 79.9. The summed E-state index contributed by atoms with van der Waals surface area (Å²) in [7, 11) is 0. The molecule has 1 rings (SSSR count). The molecule has 1 aromatic heterocycles. The SMILES string of the molecule is CCn1nc(C)c(Br)c1CNC(C)CC(C)C. The first-order chi connectivity index (χ1) is 7.95. The van der Waals surface area contributed by atoms with E-state index in [2.05, 4.69) is 58.7 Å². The number of aryl methyl sites for hydroxylation is 2. The minimum absolute atomic E-state index is 0.544. The maximum Gasteiger partial charge on any atom is 0.0739 e. The number of aromatic nitrogens is 2. The number of hydrogen-bond donors (Lipinski definition) is 1. The second kappa shape index (κ2) is 6.55. The molecule has 0 radical (unpaired) electrons. The number of hydrogen-bond acceptors (Lipinski definition) is 2. The van der Waals surface area contributed by atoms with E-state index in [9.17, 15) is 0 Å². The summed E-state index contributed by atoms with van der Waals surface area (Å²) in [6.45, 7) is 12.7. The molecule has 0 amide bonds. The minimum atomic E-state index is 0.544. The predicted octanol–water partition coefficient (Wildman–Crippen LogP) is 3.50. The smallest absolute Gasteiger partial charge is 0.0739 e. The molecule has 0 aromatic carbocycles. The molecule has 0 spiro atoms. The predicted molar refractivity (Wildman–Crippen MR) is 76.1 cm³/mol. The Labute approximate surface area is 113 Å². The lowest BCUT2D eigenvalue weighted by Gasteiger charge is -2.16. The Balaban J connectivity index is 2.62. The van der Waals surface area contributed by atoms with Gasteiger partial charge in [-0.3, -0.25) is 4.68 Å². The van der Waals surface area contributed by atoms with Gasteiger partial charge in [-0.15, -0.1) is 0 Å². The van der Waals surface area contributed by atoms with Crippen LogP contribution in [0, 0.1) is 12.8 Å². The van der Waals surface area contributed by atoms with Crippen LogP contribution in [0.4, 0.5) is 0 Å². The largest absolute Gasteiger partial charge is 0.309 e. The molecule has 1 aromatic rings. The van der Waals surface area contributed by atoms with Gasteiger partial charge in [0.05, 0.1) is 15.9 Å². The topological polar surface area (TPSA) is 29.9 Å². The summed E-state index contributed by atoms with van der Waals surface area (Å²) in [6.07, 6.45) is 1.21. The average molecular weight is 302 g/mol. The molecule has 0 saturated carbocycles. The molecule has 4 heteroatoms. The van der Waals surface area contributed by atoms with E-state index in [4.69, 9.17) is 0 Å². The van der Waals surface area contributed by atoms with Gasteiger partial charge < -0.3 is 5.32 Å². The quantitative estimate of drug-likeness (QED) is 0.871. The highest BCUT2D eigenvalue weighted by molar-refractivity contribution is 9.10. The molecule has 1 N–H and O–H groups in total. The molecule has 17 heavy (non-hydrogen) atoms. The maximum absolute atomic E-state index is 4.50. The van der Waals surface area contributed by atoms with Crippen molar-refractivity contribution in [2.75, 3.05) is 0 Å². The van der Waals surface area contributed by atoms with Gasteiger partial charge >= 0.3 is 0 Å². The Morgan fingerprint density at radius 2 is 2.00 bits per heavy atom. The first kappa shape index (κ1) is 14.7. The molecule has 0 bridgehead atoms. The van der Waals surface area contributed by atoms with Gasteiger partial charge in [0.2, 0.25) is 0 Å². The first-order valence-electron chi connectivity index (χ1n) is 6.40.